The smallest absolute Gasteiger partial charge is 0.445 e. The Morgan fingerprint density at radius 3 is 2.09 bits per heavy atom. The van der Waals surface area contributed by atoms with Crippen LogP contribution in [0, 0.1) is 0 Å². The molecule has 194 valence electrons. The van der Waals surface area contributed by atoms with Crippen molar-refractivity contribution in [2.75, 3.05) is 32.1 Å². The average molecular weight is 534 g/mol. The van der Waals surface area contributed by atoms with Crippen molar-refractivity contribution in [3.05, 3.63) is 48.3 Å². The van der Waals surface area contributed by atoms with Gasteiger partial charge in [-0.2, -0.15) is 30.0 Å². The number of nitrogens with zero attached hydrogens (tertiary/aromatic N) is 2. The molecule has 34 heavy (non-hydrogen) atoms. The summed E-state index contributed by atoms with van der Waals surface area (Å²) in [7, 11) is -9.71. The minimum Gasteiger partial charge on any atom is -0.445 e. The second kappa shape index (κ2) is 13.4. The third-order valence-electron chi connectivity index (χ3n) is 4.12. The highest BCUT2D eigenvalue weighted by Gasteiger charge is 2.44. The van der Waals surface area contributed by atoms with Crippen LogP contribution >= 0.6 is 0 Å². The summed E-state index contributed by atoms with van der Waals surface area (Å²) in [6.45, 7) is 2.77. The van der Waals surface area contributed by atoms with Gasteiger partial charge in [-0.3, -0.25) is 9.11 Å². The van der Waals surface area contributed by atoms with Gasteiger partial charge in [0.05, 0.1) is 12.4 Å². The van der Waals surface area contributed by atoms with E-state index < -0.39 is 31.8 Å². The maximum Gasteiger partial charge on any atom is 0.522 e. The Hall–Kier alpha value is -2.56. The van der Waals surface area contributed by atoms with Gasteiger partial charge in [0.15, 0.2) is 0 Å². The molecule has 1 aromatic rings. The predicted molar refractivity (Wildman–Crippen MR) is 115 cm³/mol. The van der Waals surface area contributed by atoms with Gasteiger partial charge in [0, 0.05) is 32.0 Å². The van der Waals surface area contributed by atoms with Crippen LogP contribution in [0.4, 0.5) is 18.0 Å². The second-order valence-corrected chi connectivity index (χ2v) is 9.95. The maximum absolute atomic E-state index is 11.7. The number of halogens is 3. The highest BCUT2D eigenvalue weighted by atomic mass is 32.2. The molecule has 11 nitrogen and oxygen atoms in total. The molecule has 0 saturated carbocycles. The van der Waals surface area contributed by atoms with Crippen molar-refractivity contribution in [3.8, 4) is 0 Å². The van der Waals surface area contributed by atoms with Crippen molar-refractivity contribution in [1.29, 1.82) is 0 Å². The van der Waals surface area contributed by atoms with E-state index in [1.54, 1.807) is 0 Å². The molecule has 0 aromatic heterocycles. The summed E-state index contributed by atoms with van der Waals surface area (Å²) in [5, 5.41) is 2.71. The zero-order valence-electron chi connectivity index (χ0n) is 17.9. The average Bonchev–Trinajstić information content (AvgIpc) is 3.16. The van der Waals surface area contributed by atoms with E-state index in [-0.39, 0.29) is 12.4 Å². The Kier molecular flexibility index (Phi) is 11.6. The maximum atomic E-state index is 11.7. The van der Waals surface area contributed by atoms with Gasteiger partial charge in [-0.25, -0.2) is 4.79 Å². The Morgan fingerprint density at radius 2 is 1.56 bits per heavy atom. The number of benzene rings is 1. The lowest BCUT2D eigenvalue weighted by atomic mass is 10.2. The van der Waals surface area contributed by atoms with E-state index in [9.17, 15) is 26.4 Å². The molecule has 0 unspecified atom stereocenters. The van der Waals surface area contributed by atoms with Gasteiger partial charge >= 0.3 is 21.7 Å². The first-order chi connectivity index (χ1) is 15.7. The summed E-state index contributed by atoms with van der Waals surface area (Å²) in [4.78, 5) is 15.8. The van der Waals surface area contributed by atoms with Crippen LogP contribution in [0.1, 0.15) is 18.4 Å². The number of alkyl carbamates (subject to hydrolysis) is 1. The molecule has 1 amide bonds. The fourth-order valence-corrected chi connectivity index (χ4v) is 3.05. The first-order valence-corrected chi connectivity index (χ1v) is 12.8. The fourth-order valence-electron chi connectivity index (χ4n) is 2.48. The first-order valence-electron chi connectivity index (χ1n) is 9.77. The number of hydrogen-bond donors (Lipinski definition) is 3. The minimum absolute atomic E-state index is 0.205. The molecule has 0 atom stereocenters. The van der Waals surface area contributed by atoms with Crippen molar-refractivity contribution < 1.29 is 48.6 Å². The Balaban J connectivity index is 0.000000620. The topological polar surface area (TPSA) is 154 Å². The van der Waals surface area contributed by atoms with E-state index >= 15 is 0 Å². The van der Waals surface area contributed by atoms with Gasteiger partial charge in [0.2, 0.25) is 0 Å². The molecule has 0 saturated heterocycles. The van der Waals surface area contributed by atoms with E-state index in [1.165, 1.54) is 0 Å². The van der Waals surface area contributed by atoms with Gasteiger partial charge < -0.3 is 19.9 Å². The Morgan fingerprint density at radius 1 is 1.00 bits per heavy atom. The van der Waals surface area contributed by atoms with E-state index in [1.807, 2.05) is 47.6 Å². The zero-order chi connectivity index (χ0) is 25.8. The van der Waals surface area contributed by atoms with Crippen LogP contribution in [-0.4, -0.2) is 79.4 Å². The van der Waals surface area contributed by atoms with Crippen LogP contribution in [0.25, 0.3) is 0 Å². The normalized spacial score (nSPS) is 13.9. The molecule has 0 spiro atoms. The monoisotopic (exact) mass is 533 g/mol. The van der Waals surface area contributed by atoms with Gasteiger partial charge in [-0.1, -0.05) is 30.3 Å². The number of hydrogen-bond acceptors (Lipinski definition) is 8. The quantitative estimate of drug-likeness (QED) is 0.231. The molecule has 16 heteroatoms. The van der Waals surface area contributed by atoms with E-state index in [2.05, 4.69) is 10.2 Å². The molecular formula is C18H26F3N3O8S2. The van der Waals surface area contributed by atoms with Gasteiger partial charge in [0.25, 0.3) is 10.1 Å². The lowest BCUT2D eigenvalue weighted by Crippen LogP contribution is -2.34. The lowest BCUT2D eigenvalue weighted by molar-refractivity contribution is -0.0510. The summed E-state index contributed by atoms with van der Waals surface area (Å²) in [5.41, 5.74) is -4.60. The number of rotatable bonds is 10. The second-order valence-electron chi connectivity index (χ2n) is 6.97. The van der Waals surface area contributed by atoms with E-state index in [0.717, 1.165) is 12.1 Å². The predicted octanol–water partition coefficient (Wildman–Crippen LogP) is 2.02. The molecule has 0 radical (unpaired) electrons. The minimum atomic E-state index is -5.84. The molecule has 1 aliphatic heterocycles. The zero-order valence-corrected chi connectivity index (χ0v) is 19.5. The van der Waals surface area contributed by atoms with Crippen molar-refractivity contribution in [2.45, 2.75) is 25.0 Å². The van der Waals surface area contributed by atoms with Gasteiger partial charge in [-0.05, 0) is 18.4 Å². The number of carbonyl (C=O) groups excluding carboxylic acids is 1. The van der Waals surface area contributed by atoms with Crippen molar-refractivity contribution in [1.82, 2.24) is 15.1 Å². The lowest BCUT2D eigenvalue weighted by Gasteiger charge is -2.21. The highest BCUT2D eigenvalue weighted by Crippen LogP contribution is 2.20. The van der Waals surface area contributed by atoms with E-state index in [4.69, 9.17) is 22.3 Å². The van der Waals surface area contributed by atoms with Crippen LogP contribution < -0.4 is 5.32 Å². The molecule has 1 aliphatic rings. The van der Waals surface area contributed by atoms with Crippen molar-refractivity contribution in [3.63, 3.8) is 0 Å². The molecule has 0 bridgehead atoms. The standard InChI is InChI=1S/C17H25N3O5S.CHF3O3S/c21-17(25-14-16-6-2-1-3-7-16)18-8-10-20-12-11-19(15-20)9-4-5-13-26(22,23)24;2-1(3,4)8(5,6)7/h1-3,6-7,11-12H,4-5,8-10,13-15H2,(H,18,21)(H,22,23,24);(H,5,6,7). The first kappa shape index (κ1) is 29.5. The van der Waals surface area contributed by atoms with Crippen LogP contribution in [0.2, 0.25) is 0 Å². The Labute approximate surface area is 195 Å². The van der Waals surface area contributed by atoms with Gasteiger partial charge in [-0.15, -0.1) is 0 Å². The summed E-state index contributed by atoms with van der Waals surface area (Å²) < 4.78 is 92.7. The van der Waals surface area contributed by atoms with Crippen LogP contribution in [0.5, 0.6) is 0 Å². The molecule has 1 heterocycles. The van der Waals surface area contributed by atoms with Crippen LogP contribution in [0.3, 0.4) is 0 Å². The number of alkyl halides is 3. The van der Waals surface area contributed by atoms with Crippen molar-refractivity contribution in [2.24, 2.45) is 0 Å². The third kappa shape index (κ3) is 13.2. The molecule has 0 fully saturated rings. The number of amides is 1. The van der Waals surface area contributed by atoms with E-state index in [0.29, 0.717) is 32.6 Å². The number of carbonyl (C=O) groups is 1. The summed E-state index contributed by atoms with van der Waals surface area (Å²) >= 11 is 0. The summed E-state index contributed by atoms with van der Waals surface area (Å²) in [6, 6.07) is 9.49. The molecule has 1 aromatic carbocycles. The number of nitrogens with one attached hydrogen (secondary N) is 1. The molecule has 2 rings (SSSR count). The number of ether oxygens (including phenoxy) is 1. The molecular weight excluding hydrogens is 507 g/mol. The summed E-state index contributed by atoms with van der Waals surface area (Å²) in [5.74, 6) is -0.205. The molecule has 3 N–H and O–H groups in total. The fraction of sp³-hybridized carbons (Fsp3) is 0.500. The van der Waals surface area contributed by atoms with Crippen LogP contribution in [-0.2, 0) is 31.6 Å². The largest absolute Gasteiger partial charge is 0.522 e. The SMILES string of the molecule is O=C(NCCN1C=CN(CCCCS(=O)(=O)O)C1)OCc1ccccc1.O=S(=O)(O)C(F)(F)F. The third-order valence-corrected chi connectivity index (χ3v) is 5.51. The van der Waals surface area contributed by atoms with Crippen LogP contribution in [0.15, 0.2) is 42.7 Å². The number of unbranched alkanes of at least 4 members (excludes halogenated alkanes) is 1. The summed E-state index contributed by atoms with van der Waals surface area (Å²) in [6.07, 6.45) is 4.53. The van der Waals surface area contributed by atoms with Gasteiger partial charge in [0.1, 0.15) is 6.61 Å². The van der Waals surface area contributed by atoms with Crippen molar-refractivity contribution >= 4 is 26.3 Å². The Bertz CT molecular complexity index is 1000. The highest BCUT2D eigenvalue weighted by molar-refractivity contribution is 7.86. The molecule has 0 aliphatic carbocycles.